The minimum absolute atomic E-state index is 0.0200. The normalized spacial score (nSPS) is 10.7. The molecular weight excluding hydrogens is 326 g/mol. The highest BCUT2D eigenvalue weighted by Gasteiger charge is 2.50. The Kier molecular flexibility index (Phi) is 7.78. The van der Waals surface area contributed by atoms with E-state index in [1.54, 1.807) is 44.2 Å². The summed E-state index contributed by atoms with van der Waals surface area (Å²) >= 11 is 0. The SMILES string of the molecule is CCOC(=O)C(CCC(=O)c1ccccc1)(NC(C)=O)C(=O)OCC. The second kappa shape index (κ2) is 9.56. The van der Waals surface area contributed by atoms with Crippen LogP contribution in [0.2, 0.25) is 0 Å². The Hall–Kier alpha value is -2.70. The molecule has 1 rings (SSSR count). The third-order valence-corrected chi connectivity index (χ3v) is 3.46. The highest BCUT2D eigenvalue weighted by Crippen LogP contribution is 2.20. The zero-order valence-electron chi connectivity index (χ0n) is 14.7. The first kappa shape index (κ1) is 20.3. The number of amides is 1. The van der Waals surface area contributed by atoms with Crippen LogP contribution in [-0.4, -0.2) is 42.4 Å². The van der Waals surface area contributed by atoms with Gasteiger partial charge in [-0.3, -0.25) is 9.59 Å². The van der Waals surface area contributed by atoms with Gasteiger partial charge in [0.15, 0.2) is 5.78 Å². The molecule has 0 aliphatic heterocycles. The number of rotatable bonds is 9. The van der Waals surface area contributed by atoms with E-state index in [1.165, 1.54) is 6.92 Å². The van der Waals surface area contributed by atoms with Crippen molar-refractivity contribution in [2.24, 2.45) is 0 Å². The third-order valence-electron chi connectivity index (χ3n) is 3.46. The minimum Gasteiger partial charge on any atom is -0.464 e. The Bertz CT molecular complexity index is 608. The van der Waals surface area contributed by atoms with Gasteiger partial charge in [0, 0.05) is 18.9 Å². The molecule has 1 amide bonds. The summed E-state index contributed by atoms with van der Waals surface area (Å²) in [4.78, 5) is 48.7. The van der Waals surface area contributed by atoms with E-state index in [0.29, 0.717) is 5.56 Å². The molecule has 0 unspecified atom stereocenters. The largest absolute Gasteiger partial charge is 0.464 e. The third kappa shape index (κ3) is 5.41. The van der Waals surface area contributed by atoms with Crippen molar-refractivity contribution in [3.63, 3.8) is 0 Å². The number of hydrogen-bond acceptors (Lipinski definition) is 6. The van der Waals surface area contributed by atoms with Crippen LogP contribution in [0.4, 0.5) is 0 Å². The van der Waals surface area contributed by atoms with Gasteiger partial charge in [0.2, 0.25) is 11.4 Å². The summed E-state index contributed by atoms with van der Waals surface area (Å²) in [5.74, 6) is -2.74. The van der Waals surface area contributed by atoms with E-state index < -0.39 is 23.4 Å². The number of carbonyl (C=O) groups excluding carboxylic acids is 4. The molecule has 0 atom stereocenters. The summed E-state index contributed by atoms with van der Waals surface area (Å²) in [5.41, 5.74) is -1.59. The summed E-state index contributed by atoms with van der Waals surface area (Å²) in [5, 5.41) is 2.33. The van der Waals surface area contributed by atoms with Crippen molar-refractivity contribution < 1.29 is 28.7 Å². The van der Waals surface area contributed by atoms with Gasteiger partial charge in [-0.1, -0.05) is 30.3 Å². The molecule has 1 aromatic carbocycles. The molecule has 7 heteroatoms. The zero-order valence-corrected chi connectivity index (χ0v) is 14.7. The van der Waals surface area contributed by atoms with Gasteiger partial charge in [0.25, 0.3) is 0 Å². The van der Waals surface area contributed by atoms with E-state index in [1.807, 2.05) is 0 Å². The molecule has 0 radical (unpaired) electrons. The van der Waals surface area contributed by atoms with Crippen molar-refractivity contribution in [1.82, 2.24) is 5.32 Å². The van der Waals surface area contributed by atoms with Crippen LogP contribution in [0.5, 0.6) is 0 Å². The molecule has 1 N–H and O–H groups in total. The van der Waals surface area contributed by atoms with Crippen molar-refractivity contribution >= 4 is 23.6 Å². The second-order valence-corrected chi connectivity index (χ2v) is 5.32. The Balaban J connectivity index is 3.10. The monoisotopic (exact) mass is 349 g/mol. The molecule has 0 saturated carbocycles. The molecular formula is C18H23NO6. The lowest BCUT2D eigenvalue weighted by atomic mass is 9.90. The molecule has 0 aromatic heterocycles. The summed E-state index contributed by atoms with van der Waals surface area (Å²) in [6, 6.07) is 8.47. The summed E-state index contributed by atoms with van der Waals surface area (Å²) in [7, 11) is 0. The molecule has 0 heterocycles. The van der Waals surface area contributed by atoms with Gasteiger partial charge in [0.05, 0.1) is 13.2 Å². The van der Waals surface area contributed by atoms with Crippen molar-refractivity contribution in [3.8, 4) is 0 Å². The van der Waals surface area contributed by atoms with E-state index >= 15 is 0 Å². The van der Waals surface area contributed by atoms with Gasteiger partial charge in [-0.2, -0.15) is 0 Å². The lowest BCUT2D eigenvalue weighted by Crippen LogP contribution is -2.61. The van der Waals surface area contributed by atoms with Gasteiger partial charge < -0.3 is 14.8 Å². The quantitative estimate of drug-likeness (QED) is 0.413. The number of carbonyl (C=O) groups is 4. The number of benzene rings is 1. The van der Waals surface area contributed by atoms with Crippen LogP contribution < -0.4 is 5.32 Å². The number of esters is 2. The maximum absolute atomic E-state index is 12.4. The lowest BCUT2D eigenvalue weighted by Gasteiger charge is -2.29. The lowest BCUT2D eigenvalue weighted by molar-refractivity contribution is -0.168. The van der Waals surface area contributed by atoms with Gasteiger partial charge in [-0.25, -0.2) is 9.59 Å². The highest BCUT2D eigenvalue weighted by molar-refractivity contribution is 6.08. The van der Waals surface area contributed by atoms with Crippen molar-refractivity contribution in [1.29, 1.82) is 0 Å². The van der Waals surface area contributed by atoms with Gasteiger partial charge in [-0.05, 0) is 20.3 Å². The number of hydrogen-bond donors (Lipinski definition) is 1. The number of ether oxygens (including phenoxy) is 2. The zero-order chi connectivity index (χ0) is 18.9. The topological polar surface area (TPSA) is 98.8 Å². The van der Waals surface area contributed by atoms with Crippen LogP contribution in [0.25, 0.3) is 0 Å². The molecule has 0 aliphatic rings. The molecule has 25 heavy (non-hydrogen) atoms. The fourth-order valence-electron chi connectivity index (χ4n) is 2.33. The Morgan fingerprint density at radius 2 is 1.48 bits per heavy atom. The first-order valence-corrected chi connectivity index (χ1v) is 8.08. The maximum atomic E-state index is 12.4. The highest BCUT2D eigenvalue weighted by atomic mass is 16.6. The van der Waals surface area contributed by atoms with Crippen LogP contribution in [0.15, 0.2) is 30.3 Å². The fraction of sp³-hybridized carbons (Fsp3) is 0.444. The predicted molar refractivity (Wildman–Crippen MR) is 89.8 cm³/mol. The van der Waals surface area contributed by atoms with Crippen LogP contribution in [0, 0.1) is 0 Å². The number of nitrogens with one attached hydrogen (secondary N) is 1. The van der Waals surface area contributed by atoms with E-state index in [4.69, 9.17) is 9.47 Å². The van der Waals surface area contributed by atoms with Crippen LogP contribution in [0.3, 0.4) is 0 Å². The van der Waals surface area contributed by atoms with E-state index in [0.717, 1.165) is 0 Å². The Morgan fingerprint density at radius 1 is 0.960 bits per heavy atom. The van der Waals surface area contributed by atoms with Crippen LogP contribution in [0.1, 0.15) is 44.0 Å². The van der Waals surface area contributed by atoms with Crippen molar-refractivity contribution in [2.75, 3.05) is 13.2 Å². The molecule has 0 fully saturated rings. The molecule has 7 nitrogen and oxygen atoms in total. The Morgan fingerprint density at radius 3 is 1.92 bits per heavy atom. The number of Topliss-reactive ketones (excluding diaryl/α,β-unsaturated/α-hetero) is 1. The van der Waals surface area contributed by atoms with E-state index in [9.17, 15) is 19.2 Å². The molecule has 1 aromatic rings. The smallest absolute Gasteiger partial charge is 0.343 e. The van der Waals surface area contributed by atoms with Gasteiger partial charge >= 0.3 is 11.9 Å². The summed E-state index contributed by atoms with van der Waals surface area (Å²) in [6.07, 6.45) is -0.389. The first-order chi connectivity index (χ1) is 11.9. The predicted octanol–water partition coefficient (Wildman–Crippen LogP) is 1.65. The fourth-order valence-corrected chi connectivity index (χ4v) is 2.33. The minimum atomic E-state index is -2.04. The summed E-state index contributed by atoms with van der Waals surface area (Å²) < 4.78 is 9.90. The molecule has 136 valence electrons. The number of ketones is 1. The molecule has 0 aliphatic carbocycles. The van der Waals surface area contributed by atoms with Crippen LogP contribution in [-0.2, 0) is 23.9 Å². The molecule has 0 saturated heterocycles. The van der Waals surface area contributed by atoms with Crippen LogP contribution >= 0.6 is 0 Å². The maximum Gasteiger partial charge on any atom is 0.343 e. The van der Waals surface area contributed by atoms with Crippen molar-refractivity contribution in [2.45, 2.75) is 39.2 Å². The van der Waals surface area contributed by atoms with E-state index in [-0.39, 0.29) is 31.8 Å². The van der Waals surface area contributed by atoms with Gasteiger partial charge in [0.1, 0.15) is 0 Å². The first-order valence-electron chi connectivity index (χ1n) is 8.08. The molecule has 0 bridgehead atoms. The average Bonchev–Trinajstić information content (AvgIpc) is 2.59. The summed E-state index contributed by atoms with van der Waals surface area (Å²) in [6.45, 7) is 4.37. The average molecular weight is 349 g/mol. The Labute approximate surface area is 146 Å². The second-order valence-electron chi connectivity index (χ2n) is 5.32. The van der Waals surface area contributed by atoms with Gasteiger partial charge in [-0.15, -0.1) is 0 Å². The standard InChI is InChI=1S/C18H23NO6/c1-4-24-16(22)18(19-13(3)20,17(23)25-5-2)12-11-15(21)14-9-7-6-8-10-14/h6-10H,4-5,11-12H2,1-3H3,(H,19,20). The van der Waals surface area contributed by atoms with Crippen molar-refractivity contribution in [3.05, 3.63) is 35.9 Å². The molecule has 0 spiro atoms. The van der Waals surface area contributed by atoms with E-state index in [2.05, 4.69) is 5.32 Å².